The van der Waals surface area contributed by atoms with Gasteiger partial charge >= 0.3 is 0 Å². The van der Waals surface area contributed by atoms with E-state index in [1.807, 2.05) is 31.2 Å². The standard InChI is InChI=1S/C23H23N3O5/c1-13(2)15-6-5-7-18-14(3)8-20(19(18)10-15)23(28)25-24-12-16-9-17(26(29)30)11-21(31-4)22(16)27/h5-13,27H,1-4H3,(H,25,28)/b24-12+. The van der Waals surface area contributed by atoms with Crippen molar-refractivity contribution in [2.45, 2.75) is 26.7 Å². The first-order chi connectivity index (χ1) is 14.7. The zero-order valence-electron chi connectivity index (χ0n) is 17.7. The molecular weight excluding hydrogens is 398 g/mol. The summed E-state index contributed by atoms with van der Waals surface area (Å²) in [5, 5.41) is 25.1. The van der Waals surface area contributed by atoms with Crippen LogP contribution in [0.4, 0.5) is 5.69 Å². The van der Waals surface area contributed by atoms with Gasteiger partial charge in [0.05, 0.1) is 24.3 Å². The van der Waals surface area contributed by atoms with Crippen LogP contribution in [-0.4, -0.2) is 29.3 Å². The van der Waals surface area contributed by atoms with Gasteiger partial charge in [-0.1, -0.05) is 38.1 Å². The van der Waals surface area contributed by atoms with Gasteiger partial charge in [-0.15, -0.1) is 0 Å². The van der Waals surface area contributed by atoms with Gasteiger partial charge in [0.1, 0.15) is 0 Å². The summed E-state index contributed by atoms with van der Waals surface area (Å²) >= 11 is 0. The number of benzene rings is 1. The molecule has 0 atom stereocenters. The minimum Gasteiger partial charge on any atom is -0.504 e. The van der Waals surface area contributed by atoms with Gasteiger partial charge in [-0.05, 0) is 41.2 Å². The van der Waals surface area contributed by atoms with E-state index in [0.717, 1.165) is 40.6 Å². The molecule has 160 valence electrons. The Hall–Kier alpha value is -3.94. The second kappa shape index (κ2) is 8.83. The molecule has 0 fully saturated rings. The molecule has 8 heteroatoms. The maximum Gasteiger partial charge on any atom is 0.274 e. The summed E-state index contributed by atoms with van der Waals surface area (Å²) in [6, 6.07) is 12.0. The SMILES string of the molecule is COc1cc([N+](=O)[O-])cc(/C=N/NC(=O)c2cc(C)c3cccc(C(C)C)cc2-3)c1O. The number of hydrogen-bond acceptors (Lipinski definition) is 6. The van der Waals surface area contributed by atoms with Crippen molar-refractivity contribution in [1.29, 1.82) is 0 Å². The molecule has 8 nitrogen and oxygen atoms in total. The molecule has 0 aromatic heterocycles. The summed E-state index contributed by atoms with van der Waals surface area (Å²) in [6.07, 6.45) is 1.14. The third-order valence-electron chi connectivity index (χ3n) is 5.03. The van der Waals surface area contributed by atoms with E-state index in [-0.39, 0.29) is 22.7 Å². The monoisotopic (exact) mass is 421 g/mol. The minimum absolute atomic E-state index is 0.0448. The lowest BCUT2D eigenvalue weighted by atomic mass is 10.0. The number of amides is 1. The molecule has 31 heavy (non-hydrogen) atoms. The summed E-state index contributed by atoms with van der Waals surface area (Å²) < 4.78 is 4.96. The van der Waals surface area contributed by atoms with E-state index in [9.17, 15) is 20.0 Å². The van der Waals surface area contributed by atoms with Crippen molar-refractivity contribution >= 4 is 17.8 Å². The van der Waals surface area contributed by atoms with E-state index in [1.165, 1.54) is 7.11 Å². The normalized spacial score (nSPS) is 11.3. The van der Waals surface area contributed by atoms with Crippen LogP contribution in [0.25, 0.3) is 11.1 Å². The number of rotatable bonds is 6. The van der Waals surface area contributed by atoms with Crippen LogP contribution in [-0.2, 0) is 0 Å². The van der Waals surface area contributed by atoms with Crippen LogP contribution in [0.15, 0.2) is 47.6 Å². The highest BCUT2D eigenvalue weighted by Gasteiger charge is 2.19. The molecule has 2 aliphatic rings. The lowest BCUT2D eigenvalue weighted by Gasteiger charge is -2.06. The highest BCUT2D eigenvalue weighted by Crippen LogP contribution is 2.34. The van der Waals surface area contributed by atoms with Crippen LogP contribution in [0, 0.1) is 17.0 Å². The average Bonchev–Trinajstić information content (AvgIpc) is 2.90. The Morgan fingerprint density at radius 1 is 1.23 bits per heavy atom. The van der Waals surface area contributed by atoms with Crippen LogP contribution in [0.2, 0.25) is 0 Å². The number of nitro benzene ring substituents is 1. The molecule has 2 aliphatic carbocycles. The summed E-state index contributed by atoms with van der Waals surface area (Å²) in [7, 11) is 1.29. The van der Waals surface area contributed by atoms with E-state index < -0.39 is 10.8 Å². The van der Waals surface area contributed by atoms with Gasteiger partial charge in [-0.2, -0.15) is 5.10 Å². The second-order valence-electron chi connectivity index (χ2n) is 7.44. The van der Waals surface area contributed by atoms with Crippen LogP contribution in [0.3, 0.4) is 0 Å². The van der Waals surface area contributed by atoms with Crippen molar-refractivity contribution in [1.82, 2.24) is 5.43 Å². The number of hydrazone groups is 1. The van der Waals surface area contributed by atoms with Gasteiger partial charge in [-0.3, -0.25) is 14.9 Å². The predicted octanol–water partition coefficient (Wildman–Crippen LogP) is 4.61. The van der Waals surface area contributed by atoms with Gasteiger partial charge in [-0.25, -0.2) is 5.43 Å². The number of carbonyl (C=O) groups is 1. The molecule has 2 N–H and O–H groups in total. The van der Waals surface area contributed by atoms with Gasteiger partial charge in [0, 0.05) is 17.2 Å². The number of nitro groups is 1. The van der Waals surface area contributed by atoms with Crippen molar-refractivity contribution in [2.24, 2.45) is 5.10 Å². The Balaban J connectivity index is 1.91. The largest absolute Gasteiger partial charge is 0.504 e. The molecular formula is C23H23N3O5. The number of fused-ring (bicyclic) bond motifs is 1. The van der Waals surface area contributed by atoms with Crippen LogP contribution in [0.5, 0.6) is 11.5 Å². The third kappa shape index (κ3) is 4.48. The molecule has 0 radical (unpaired) electrons. The Bertz CT molecular complexity index is 1150. The maximum absolute atomic E-state index is 12.8. The fourth-order valence-electron chi connectivity index (χ4n) is 3.32. The first kappa shape index (κ1) is 21.8. The van der Waals surface area contributed by atoms with Crippen molar-refractivity contribution in [3.63, 3.8) is 0 Å². The Morgan fingerprint density at radius 2 is 1.97 bits per heavy atom. The number of phenols is 1. The van der Waals surface area contributed by atoms with Crippen LogP contribution >= 0.6 is 0 Å². The number of nitrogens with one attached hydrogen (secondary N) is 1. The quantitative estimate of drug-likeness (QED) is 0.343. The third-order valence-corrected chi connectivity index (χ3v) is 5.03. The van der Waals surface area contributed by atoms with Crippen molar-refractivity contribution in [2.75, 3.05) is 7.11 Å². The number of nitrogens with zero attached hydrogens (tertiary/aromatic N) is 2. The fourth-order valence-corrected chi connectivity index (χ4v) is 3.32. The van der Waals surface area contributed by atoms with Crippen LogP contribution < -0.4 is 10.2 Å². The number of carbonyl (C=O) groups excluding carboxylic acids is 1. The summed E-state index contributed by atoms with van der Waals surface area (Å²) in [6.45, 7) is 6.10. The molecule has 1 aromatic carbocycles. The Kier molecular flexibility index (Phi) is 6.20. The Morgan fingerprint density at radius 3 is 2.61 bits per heavy atom. The highest BCUT2D eigenvalue weighted by atomic mass is 16.6. The number of non-ortho nitro benzene ring substituents is 1. The zero-order chi connectivity index (χ0) is 22.7. The minimum atomic E-state index is -0.608. The van der Waals surface area contributed by atoms with Crippen molar-refractivity contribution < 1.29 is 19.6 Å². The van der Waals surface area contributed by atoms with E-state index in [0.29, 0.717) is 11.5 Å². The number of methoxy groups -OCH3 is 1. The molecule has 0 unspecified atom stereocenters. The number of aromatic hydroxyl groups is 1. The lowest BCUT2D eigenvalue weighted by Crippen LogP contribution is -2.17. The first-order valence-electron chi connectivity index (χ1n) is 9.65. The summed E-state index contributed by atoms with van der Waals surface area (Å²) in [5.41, 5.74) is 6.55. The van der Waals surface area contributed by atoms with Gasteiger partial charge in [0.25, 0.3) is 11.6 Å². The van der Waals surface area contributed by atoms with E-state index in [2.05, 4.69) is 24.4 Å². The number of aryl methyl sites for hydroxylation is 1. The lowest BCUT2D eigenvalue weighted by molar-refractivity contribution is -0.385. The molecule has 1 amide bonds. The second-order valence-corrected chi connectivity index (χ2v) is 7.44. The molecule has 3 rings (SSSR count). The molecule has 0 heterocycles. The molecule has 0 aliphatic heterocycles. The van der Waals surface area contributed by atoms with Crippen molar-refractivity contribution in [3.8, 4) is 22.6 Å². The molecule has 0 saturated heterocycles. The smallest absolute Gasteiger partial charge is 0.274 e. The first-order valence-corrected chi connectivity index (χ1v) is 9.65. The van der Waals surface area contributed by atoms with Crippen LogP contribution in [0.1, 0.15) is 46.8 Å². The molecule has 0 bridgehead atoms. The topological polar surface area (TPSA) is 114 Å². The van der Waals surface area contributed by atoms with E-state index >= 15 is 0 Å². The average molecular weight is 421 g/mol. The summed E-state index contributed by atoms with van der Waals surface area (Å²) in [4.78, 5) is 23.3. The predicted molar refractivity (Wildman–Crippen MR) is 118 cm³/mol. The number of phenolic OH excluding ortho intramolecular Hbond substituents is 1. The van der Waals surface area contributed by atoms with E-state index in [4.69, 9.17) is 4.74 Å². The fraction of sp³-hybridized carbons (Fsp3) is 0.217. The van der Waals surface area contributed by atoms with Crippen molar-refractivity contribution in [3.05, 3.63) is 74.8 Å². The number of ether oxygens (including phenoxy) is 1. The van der Waals surface area contributed by atoms with Gasteiger partial charge in [0.15, 0.2) is 11.5 Å². The van der Waals surface area contributed by atoms with Gasteiger partial charge in [0.2, 0.25) is 0 Å². The molecule has 1 aromatic rings. The molecule has 0 spiro atoms. The van der Waals surface area contributed by atoms with Gasteiger partial charge < -0.3 is 9.84 Å². The maximum atomic E-state index is 12.8. The van der Waals surface area contributed by atoms with E-state index in [1.54, 1.807) is 6.07 Å². The summed E-state index contributed by atoms with van der Waals surface area (Å²) in [5.74, 6) is -0.499. The Labute approximate surface area is 179 Å². The number of hydrogen-bond donors (Lipinski definition) is 2. The zero-order valence-corrected chi connectivity index (χ0v) is 17.7. The highest BCUT2D eigenvalue weighted by molar-refractivity contribution is 6.03. The molecule has 0 saturated carbocycles.